The van der Waals surface area contributed by atoms with Crippen LogP contribution in [-0.2, 0) is 0 Å². The molecule has 0 aliphatic carbocycles. The van der Waals surface area contributed by atoms with Crippen LogP contribution >= 0.6 is 0 Å². The minimum absolute atomic E-state index is 0.136. The number of hydrogen-bond donors (Lipinski definition) is 6. The summed E-state index contributed by atoms with van der Waals surface area (Å²) < 4.78 is 40.9. The number of amides is 2. The zero-order valence-electron chi connectivity index (χ0n) is 21.1. The van der Waals surface area contributed by atoms with Gasteiger partial charge in [-0.3, -0.25) is 4.79 Å². The van der Waals surface area contributed by atoms with Gasteiger partial charge in [-0.1, -0.05) is 36.4 Å². The minimum atomic E-state index is -4.82. The Morgan fingerprint density at radius 3 is 2.44 bits per heavy atom. The van der Waals surface area contributed by atoms with Crippen LogP contribution in [0.2, 0.25) is 0 Å². The number of para-hydroxylation sites is 1. The van der Waals surface area contributed by atoms with Crippen LogP contribution in [0.4, 0.5) is 35.0 Å². The second kappa shape index (κ2) is 11.4. The lowest BCUT2D eigenvalue weighted by Crippen LogP contribution is -2.20. The Labute approximate surface area is 230 Å². The number of nitrogens with one attached hydrogen (secondary N) is 5. The maximum Gasteiger partial charge on any atom is 0.573 e. The highest BCUT2D eigenvalue weighted by molar-refractivity contribution is 6.05. The Morgan fingerprint density at radius 1 is 0.951 bits per heavy atom. The van der Waals surface area contributed by atoms with E-state index in [0.717, 1.165) is 17.7 Å². The Hall–Kier alpha value is -5.30. The van der Waals surface area contributed by atoms with Crippen LogP contribution in [0.1, 0.15) is 11.7 Å². The number of H-pyrrole nitrogens is 2. The fraction of sp³-hybridized carbons (Fsp3) is 0.107. The van der Waals surface area contributed by atoms with Gasteiger partial charge in [-0.25, -0.2) is 9.78 Å². The number of pyridine rings is 1. The van der Waals surface area contributed by atoms with Crippen molar-refractivity contribution in [3.05, 3.63) is 101 Å². The summed E-state index contributed by atoms with van der Waals surface area (Å²) in [7, 11) is 0. The summed E-state index contributed by atoms with van der Waals surface area (Å²) in [6.45, 7) is 0.136. The lowest BCUT2D eigenvalue weighted by Gasteiger charge is -2.14. The molecule has 210 valence electrons. The van der Waals surface area contributed by atoms with Gasteiger partial charge in [-0.05, 0) is 48.0 Å². The molecule has 2 aromatic heterocycles. The average Bonchev–Trinajstić information content (AvgIpc) is 3.37. The molecular formula is C28H23F3N6O4. The standard InChI is InChI=1S/C28H23F3N6O4/c29-28(30,31)41-18-11-9-17(10-12-18)34-27(40)36-21-8-4-7-20-24(21)37-25(35-20)23-19(13-14-32-26(23)39)33-15-22(38)16-5-2-1-3-6-16/h1-14,22,38H,15H2,(H,35,37)(H2,32,33,39)(H2,34,36,40). The second-order valence-electron chi connectivity index (χ2n) is 8.84. The molecule has 3 aromatic carbocycles. The van der Waals surface area contributed by atoms with Gasteiger partial charge < -0.3 is 35.8 Å². The van der Waals surface area contributed by atoms with E-state index in [1.165, 1.54) is 18.3 Å². The van der Waals surface area contributed by atoms with Gasteiger partial charge in [-0.2, -0.15) is 0 Å². The molecule has 0 saturated heterocycles. The molecule has 1 unspecified atom stereocenters. The third kappa shape index (κ3) is 6.65. The number of nitrogens with zero attached hydrogens (tertiary/aromatic N) is 1. The van der Waals surface area contributed by atoms with Gasteiger partial charge >= 0.3 is 12.4 Å². The molecule has 2 heterocycles. The molecule has 10 nitrogen and oxygen atoms in total. The van der Waals surface area contributed by atoms with E-state index in [0.29, 0.717) is 22.4 Å². The predicted octanol–water partition coefficient (Wildman–Crippen LogP) is 5.61. The fourth-order valence-electron chi connectivity index (χ4n) is 4.14. The Balaban J connectivity index is 1.34. The van der Waals surface area contributed by atoms with Crippen LogP contribution < -0.4 is 26.2 Å². The number of aromatic amines is 2. The molecule has 6 N–H and O–H groups in total. The lowest BCUT2D eigenvalue weighted by atomic mass is 10.1. The number of aromatic nitrogens is 3. The van der Waals surface area contributed by atoms with Gasteiger partial charge in [0.25, 0.3) is 5.56 Å². The fourth-order valence-corrected chi connectivity index (χ4v) is 4.14. The number of anilines is 3. The summed E-state index contributed by atoms with van der Waals surface area (Å²) in [5.41, 5.74) is 2.42. The lowest BCUT2D eigenvalue weighted by molar-refractivity contribution is -0.274. The molecule has 0 bridgehead atoms. The molecule has 13 heteroatoms. The van der Waals surface area contributed by atoms with E-state index in [1.807, 2.05) is 18.2 Å². The normalized spacial score (nSPS) is 12.1. The maximum atomic E-state index is 12.8. The molecule has 0 spiro atoms. The molecule has 1 atom stereocenters. The maximum absolute atomic E-state index is 12.8. The van der Waals surface area contributed by atoms with E-state index in [-0.39, 0.29) is 23.6 Å². The summed E-state index contributed by atoms with van der Waals surface area (Å²) in [6, 6.07) is 19.7. The molecule has 0 radical (unpaired) electrons. The van der Waals surface area contributed by atoms with Crippen molar-refractivity contribution in [2.24, 2.45) is 0 Å². The van der Waals surface area contributed by atoms with Gasteiger partial charge in [0.1, 0.15) is 17.1 Å². The van der Waals surface area contributed by atoms with E-state index in [2.05, 4.69) is 35.6 Å². The molecule has 5 aromatic rings. The first-order valence-electron chi connectivity index (χ1n) is 12.3. The number of aliphatic hydroxyl groups is 1. The average molecular weight is 565 g/mol. The first-order valence-corrected chi connectivity index (χ1v) is 12.3. The summed E-state index contributed by atoms with van der Waals surface area (Å²) in [4.78, 5) is 35.7. The number of carbonyl (C=O) groups excluding carboxylic acids is 1. The molecule has 0 saturated carbocycles. The van der Waals surface area contributed by atoms with Crippen molar-refractivity contribution in [1.82, 2.24) is 15.0 Å². The first kappa shape index (κ1) is 27.3. The number of carbonyl (C=O) groups is 1. The Bertz CT molecular complexity index is 1720. The third-order valence-electron chi connectivity index (χ3n) is 5.98. The number of halogens is 3. The zero-order valence-corrected chi connectivity index (χ0v) is 21.1. The van der Waals surface area contributed by atoms with Crippen LogP contribution in [0.3, 0.4) is 0 Å². The highest BCUT2D eigenvalue weighted by Crippen LogP contribution is 2.29. The number of benzene rings is 3. The van der Waals surface area contributed by atoms with Crippen LogP contribution in [0, 0.1) is 0 Å². The highest BCUT2D eigenvalue weighted by atomic mass is 19.4. The Kier molecular flexibility index (Phi) is 7.61. The van der Waals surface area contributed by atoms with Crippen molar-refractivity contribution in [3.63, 3.8) is 0 Å². The quantitative estimate of drug-likeness (QED) is 0.145. The van der Waals surface area contributed by atoms with Crippen molar-refractivity contribution >= 4 is 34.1 Å². The van der Waals surface area contributed by atoms with Gasteiger partial charge in [0.05, 0.1) is 28.5 Å². The topological polar surface area (TPSA) is 144 Å². The zero-order chi connectivity index (χ0) is 29.0. The van der Waals surface area contributed by atoms with Crippen molar-refractivity contribution in [2.75, 3.05) is 22.5 Å². The van der Waals surface area contributed by atoms with Gasteiger partial charge in [0, 0.05) is 18.4 Å². The third-order valence-corrected chi connectivity index (χ3v) is 5.98. The highest BCUT2D eigenvalue weighted by Gasteiger charge is 2.31. The molecule has 2 amide bonds. The SMILES string of the molecule is O=C(Nc1ccc(OC(F)(F)F)cc1)Nc1cccc2nc(-c3c(NCC(O)c4ccccc4)cc[nH]c3=O)[nH]c12. The van der Waals surface area contributed by atoms with E-state index in [1.54, 1.807) is 36.4 Å². The van der Waals surface area contributed by atoms with Crippen molar-refractivity contribution < 1.29 is 27.8 Å². The molecule has 0 aliphatic rings. The number of rotatable bonds is 8. The van der Waals surface area contributed by atoms with Crippen LogP contribution in [0.25, 0.3) is 22.4 Å². The number of aliphatic hydroxyl groups excluding tert-OH is 1. The van der Waals surface area contributed by atoms with E-state index < -0.39 is 29.8 Å². The Morgan fingerprint density at radius 2 is 1.71 bits per heavy atom. The second-order valence-corrected chi connectivity index (χ2v) is 8.84. The molecular weight excluding hydrogens is 541 g/mol. The van der Waals surface area contributed by atoms with E-state index >= 15 is 0 Å². The van der Waals surface area contributed by atoms with Crippen LogP contribution in [0.5, 0.6) is 5.75 Å². The van der Waals surface area contributed by atoms with E-state index in [9.17, 15) is 27.9 Å². The van der Waals surface area contributed by atoms with Gasteiger partial charge in [0.2, 0.25) is 0 Å². The van der Waals surface area contributed by atoms with Crippen molar-refractivity contribution in [2.45, 2.75) is 12.5 Å². The number of ether oxygens (including phenoxy) is 1. The summed E-state index contributed by atoms with van der Waals surface area (Å²) in [5.74, 6) is -0.189. The van der Waals surface area contributed by atoms with Crippen molar-refractivity contribution in [1.29, 1.82) is 0 Å². The number of urea groups is 1. The number of alkyl halides is 3. The van der Waals surface area contributed by atoms with Crippen LogP contribution in [0.15, 0.2) is 89.9 Å². The van der Waals surface area contributed by atoms with E-state index in [4.69, 9.17) is 0 Å². The first-order chi connectivity index (χ1) is 19.7. The molecule has 0 aliphatic heterocycles. The predicted molar refractivity (Wildman–Crippen MR) is 148 cm³/mol. The molecule has 0 fully saturated rings. The summed E-state index contributed by atoms with van der Waals surface area (Å²) >= 11 is 0. The monoisotopic (exact) mass is 564 g/mol. The summed E-state index contributed by atoms with van der Waals surface area (Å²) in [5, 5.41) is 18.9. The number of imidazole rings is 1. The van der Waals surface area contributed by atoms with Gasteiger partial charge in [0.15, 0.2) is 0 Å². The molecule has 5 rings (SSSR count). The van der Waals surface area contributed by atoms with Crippen molar-refractivity contribution in [3.8, 4) is 17.1 Å². The smallest absolute Gasteiger partial charge is 0.406 e. The minimum Gasteiger partial charge on any atom is -0.406 e. The number of fused-ring (bicyclic) bond motifs is 1. The van der Waals surface area contributed by atoms with Crippen LogP contribution in [-0.4, -0.2) is 39.0 Å². The largest absolute Gasteiger partial charge is 0.573 e. The number of hydrogen-bond acceptors (Lipinski definition) is 6. The summed E-state index contributed by atoms with van der Waals surface area (Å²) in [6.07, 6.45) is -4.16. The molecule has 41 heavy (non-hydrogen) atoms. The van der Waals surface area contributed by atoms with Gasteiger partial charge in [-0.15, -0.1) is 13.2 Å².